The molecule has 1 aliphatic heterocycles. The lowest BCUT2D eigenvalue weighted by molar-refractivity contribution is -0.140. The molecule has 1 amide bonds. The third-order valence-corrected chi connectivity index (χ3v) is 3.21. The number of carbonyl (C=O) groups is 2. The van der Waals surface area contributed by atoms with Crippen molar-refractivity contribution in [2.24, 2.45) is 5.41 Å². The van der Waals surface area contributed by atoms with Gasteiger partial charge in [0.2, 0.25) is 5.91 Å². The largest absolute Gasteiger partial charge is 0.480 e. The number of benzene rings is 1. The Balaban J connectivity index is 2.34. The number of carbonyl (C=O) groups excluding carboxylic acids is 1. The minimum absolute atomic E-state index is 0.121. The van der Waals surface area contributed by atoms with Crippen molar-refractivity contribution in [1.29, 1.82) is 0 Å². The molecule has 1 aromatic rings. The molecule has 0 aliphatic carbocycles. The zero-order valence-electron chi connectivity index (χ0n) is 11.5. The Morgan fingerprint density at radius 2 is 1.95 bits per heavy atom. The topological polar surface area (TPSA) is 57.6 Å². The first-order valence-corrected chi connectivity index (χ1v) is 6.42. The van der Waals surface area contributed by atoms with Crippen molar-refractivity contribution in [3.8, 4) is 0 Å². The molecule has 1 aromatic carbocycles. The van der Waals surface area contributed by atoms with Gasteiger partial charge in [0, 0.05) is 18.5 Å². The summed E-state index contributed by atoms with van der Waals surface area (Å²) in [6.45, 7) is 5.92. The van der Waals surface area contributed by atoms with Crippen LogP contribution in [0.3, 0.4) is 0 Å². The van der Waals surface area contributed by atoms with E-state index in [1.165, 1.54) is 4.90 Å². The minimum Gasteiger partial charge on any atom is -0.480 e. The summed E-state index contributed by atoms with van der Waals surface area (Å²) < 4.78 is 0. The van der Waals surface area contributed by atoms with Gasteiger partial charge in [0.05, 0.1) is 0 Å². The summed E-state index contributed by atoms with van der Waals surface area (Å²) in [4.78, 5) is 25.2. The number of rotatable bonds is 2. The van der Waals surface area contributed by atoms with Gasteiger partial charge < -0.3 is 5.11 Å². The molecule has 1 heterocycles. The first-order chi connectivity index (χ1) is 8.79. The molecule has 1 atom stereocenters. The molecule has 1 aliphatic rings. The molecule has 0 saturated carbocycles. The van der Waals surface area contributed by atoms with Crippen molar-refractivity contribution in [1.82, 2.24) is 0 Å². The molecular weight excluding hydrogens is 242 g/mol. The van der Waals surface area contributed by atoms with E-state index in [-0.39, 0.29) is 11.3 Å². The highest BCUT2D eigenvalue weighted by Gasteiger charge is 2.38. The second kappa shape index (κ2) is 4.68. The van der Waals surface area contributed by atoms with Crippen molar-refractivity contribution in [2.75, 3.05) is 4.90 Å². The number of carboxylic acid groups (broad SMARTS) is 1. The van der Waals surface area contributed by atoms with Crippen molar-refractivity contribution < 1.29 is 14.7 Å². The van der Waals surface area contributed by atoms with Crippen molar-refractivity contribution in [3.63, 3.8) is 0 Å². The lowest BCUT2D eigenvalue weighted by Crippen LogP contribution is -2.44. The number of anilines is 1. The smallest absolute Gasteiger partial charge is 0.327 e. The van der Waals surface area contributed by atoms with E-state index in [9.17, 15) is 14.7 Å². The highest BCUT2D eigenvalue weighted by molar-refractivity contribution is 6.02. The first-order valence-electron chi connectivity index (χ1n) is 6.42. The van der Waals surface area contributed by atoms with Crippen LogP contribution < -0.4 is 4.90 Å². The highest BCUT2D eigenvalue weighted by Crippen LogP contribution is 2.34. The van der Waals surface area contributed by atoms with Crippen LogP contribution in [0.4, 0.5) is 5.69 Å². The van der Waals surface area contributed by atoms with E-state index >= 15 is 0 Å². The molecular formula is C15H19NO3. The zero-order valence-corrected chi connectivity index (χ0v) is 11.5. The highest BCUT2D eigenvalue weighted by atomic mass is 16.4. The second-order valence-corrected chi connectivity index (χ2v) is 6.19. The molecule has 4 heteroatoms. The Kier molecular flexibility index (Phi) is 3.35. The number of fused-ring (bicyclic) bond motifs is 1. The van der Waals surface area contributed by atoms with Gasteiger partial charge in [-0.15, -0.1) is 0 Å². The van der Waals surface area contributed by atoms with Crippen LogP contribution >= 0.6 is 0 Å². The molecule has 0 fully saturated rings. The van der Waals surface area contributed by atoms with E-state index in [1.807, 2.05) is 45.0 Å². The summed E-state index contributed by atoms with van der Waals surface area (Å²) in [7, 11) is 0. The molecule has 1 N–H and O–H groups in total. The van der Waals surface area contributed by atoms with Crippen molar-refractivity contribution in [3.05, 3.63) is 29.8 Å². The predicted molar refractivity (Wildman–Crippen MR) is 73.1 cm³/mol. The van der Waals surface area contributed by atoms with Gasteiger partial charge in [-0.25, -0.2) is 4.79 Å². The normalized spacial score (nSPS) is 18.3. The van der Waals surface area contributed by atoms with E-state index in [0.717, 1.165) is 11.3 Å². The minimum atomic E-state index is -0.946. The quantitative estimate of drug-likeness (QED) is 0.889. The van der Waals surface area contributed by atoms with Gasteiger partial charge in [0.1, 0.15) is 6.04 Å². The molecule has 0 aromatic heterocycles. The van der Waals surface area contributed by atoms with Gasteiger partial charge in [-0.05, 0) is 17.0 Å². The number of hydrogen-bond donors (Lipinski definition) is 1. The van der Waals surface area contributed by atoms with Gasteiger partial charge in [0.25, 0.3) is 0 Å². The monoisotopic (exact) mass is 261 g/mol. The van der Waals surface area contributed by atoms with Crippen LogP contribution in [-0.2, 0) is 16.0 Å². The third-order valence-electron chi connectivity index (χ3n) is 3.21. The number of carboxylic acids is 1. The molecule has 0 saturated heterocycles. The maximum absolute atomic E-state index is 12.4. The standard InChI is InChI=1S/C15H19NO3/c1-15(2,3)9-13(17)16-11-7-5-4-6-10(11)8-12(16)14(18)19/h4-7,12H,8-9H2,1-3H3,(H,18,19). The maximum Gasteiger partial charge on any atom is 0.327 e. The Morgan fingerprint density at radius 1 is 1.32 bits per heavy atom. The Bertz CT molecular complexity index is 516. The Labute approximate surface area is 113 Å². The molecule has 102 valence electrons. The molecule has 2 rings (SSSR count). The summed E-state index contributed by atoms with van der Waals surface area (Å²) in [6.07, 6.45) is 0.729. The van der Waals surface area contributed by atoms with Crippen LogP contribution in [0.1, 0.15) is 32.8 Å². The van der Waals surface area contributed by atoms with E-state index in [4.69, 9.17) is 0 Å². The molecule has 19 heavy (non-hydrogen) atoms. The predicted octanol–water partition coefficient (Wildman–Crippen LogP) is 2.47. The Morgan fingerprint density at radius 3 is 2.53 bits per heavy atom. The molecule has 1 unspecified atom stereocenters. The van der Waals surface area contributed by atoms with E-state index < -0.39 is 12.0 Å². The zero-order chi connectivity index (χ0) is 14.2. The van der Waals surface area contributed by atoms with E-state index in [1.54, 1.807) is 0 Å². The van der Waals surface area contributed by atoms with Crippen molar-refractivity contribution >= 4 is 17.6 Å². The summed E-state index contributed by atoms with van der Waals surface area (Å²) in [5.74, 6) is -1.07. The number of para-hydroxylation sites is 1. The van der Waals surface area contributed by atoms with Gasteiger partial charge in [-0.2, -0.15) is 0 Å². The van der Waals surface area contributed by atoms with Crippen molar-refractivity contribution in [2.45, 2.75) is 39.7 Å². The summed E-state index contributed by atoms with van der Waals surface area (Å²) in [5.41, 5.74) is 1.51. The first kappa shape index (κ1) is 13.6. The van der Waals surface area contributed by atoms with Gasteiger partial charge in [-0.1, -0.05) is 39.0 Å². The van der Waals surface area contributed by atoms with Gasteiger partial charge >= 0.3 is 5.97 Å². The molecule has 0 bridgehead atoms. The fraction of sp³-hybridized carbons (Fsp3) is 0.467. The Hall–Kier alpha value is -1.84. The molecule has 4 nitrogen and oxygen atoms in total. The lowest BCUT2D eigenvalue weighted by Gasteiger charge is -2.26. The average Bonchev–Trinajstić information content (AvgIpc) is 2.65. The van der Waals surface area contributed by atoms with Crippen LogP contribution in [0.15, 0.2) is 24.3 Å². The van der Waals surface area contributed by atoms with Crippen LogP contribution in [0.25, 0.3) is 0 Å². The van der Waals surface area contributed by atoms with E-state index in [2.05, 4.69) is 0 Å². The summed E-state index contributed by atoms with van der Waals surface area (Å²) >= 11 is 0. The number of nitrogens with zero attached hydrogens (tertiary/aromatic N) is 1. The van der Waals surface area contributed by atoms with Gasteiger partial charge in [-0.3, -0.25) is 9.69 Å². The number of amides is 1. The second-order valence-electron chi connectivity index (χ2n) is 6.19. The van der Waals surface area contributed by atoms with Crippen LogP contribution in [0.5, 0.6) is 0 Å². The average molecular weight is 261 g/mol. The maximum atomic E-state index is 12.4. The summed E-state index contributed by atoms with van der Waals surface area (Å²) in [5, 5.41) is 9.31. The third kappa shape index (κ3) is 2.78. The van der Waals surface area contributed by atoms with Crippen LogP contribution in [-0.4, -0.2) is 23.0 Å². The SMILES string of the molecule is CC(C)(C)CC(=O)N1c2ccccc2CC1C(=O)O. The van der Waals surface area contributed by atoms with Crippen LogP contribution in [0, 0.1) is 5.41 Å². The molecule has 0 radical (unpaired) electrons. The number of hydrogen-bond acceptors (Lipinski definition) is 2. The summed E-state index contributed by atoms with van der Waals surface area (Å²) in [6, 6.07) is 6.64. The fourth-order valence-electron chi connectivity index (χ4n) is 2.43. The lowest BCUT2D eigenvalue weighted by atomic mass is 9.91. The molecule has 0 spiro atoms. The van der Waals surface area contributed by atoms with E-state index in [0.29, 0.717) is 12.8 Å². The van der Waals surface area contributed by atoms with Crippen LogP contribution in [0.2, 0.25) is 0 Å². The number of aliphatic carboxylic acids is 1. The fourth-order valence-corrected chi connectivity index (χ4v) is 2.43. The van der Waals surface area contributed by atoms with Gasteiger partial charge in [0.15, 0.2) is 0 Å².